The molecule has 1 heterocycles. The monoisotopic (exact) mass is 223 g/mol. The standard InChI is InChI=1S/C11H14ClN3/c1-7(5-13)2-8-3-10-11(4-9(8)12)15-6-14-10/h3-4,6-7H,2,5,13H2,1H3,(H,14,15). The molecule has 0 aliphatic heterocycles. The molecule has 3 nitrogen and oxygen atoms in total. The van der Waals surface area contributed by atoms with Crippen LogP contribution in [0.5, 0.6) is 0 Å². The maximum Gasteiger partial charge on any atom is 0.0931 e. The lowest BCUT2D eigenvalue weighted by Crippen LogP contribution is -2.13. The molecule has 0 saturated carbocycles. The summed E-state index contributed by atoms with van der Waals surface area (Å²) in [5, 5.41) is 0.773. The number of hydrogen-bond acceptors (Lipinski definition) is 2. The van der Waals surface area contributed by atoms with Gasteiger partial charge >= 0.3 is 0 Å². The molecule has 80 valence electrons. The minimum Gasteiger partial charge on any atom is -0.345 e. The molecule has 0 bridgehead atoms. The van der Waals surface area contributed by atoms with Crippen molar-refractivity contribution in [1.29, 1.82) is 0 Å². The van der Waals surface area contributed by atoms with E-state index in [4.69, 9.17) is 17.3 Å². The Bertz CT molecular complexity index is 464. The van der Waals surface area contributed by atoms with E-state index in [9.17, 15) is 0 Å². The summed E-state index contributed by atoms with van der Waals surface area (Å²) < 4.78 is 0. The molecular weight excluding hydrogens is 210 g/mol. The van der Waals surface area contributed by atoms with Gasteiger partial charge < -0.3 is 10.7 Å². The maximum absolute atomic E-state index is 6.17. The van der Waals surface area contributed by atoms with E-state index in [-0.39, 0.29) is 0 Å². The van der Waals surface area contributed by atoms with Crippen LogP contribution in [0.25, 0.3) is 11.0 Å². The number of hydrogen-bond donors (Lipinski definition) is 2. The largest absolute Gasteiger partial charge is 0.345 e. The van der Waals surface area contributed by atoms with E-state index in [0.29, 0.717) is 12.5 Å². The maximum atomic E-state index is 6.17. The number of H-pyrrole nitrogens is 1. The van der Waals surface area contributed by atoms with Crippen molar-refractivity contribution in [2.24, 2.45) is 11.7 Å². The summed E-state index contributed by atoms with van der Waals surface area (Å²) in [6.07, 6.45) is 2.58. The second-order valence-electron chi connectivity index (χ2n) is 3.91. The van der Waals surface area contributed by atoms with Gasteiger partial charge in [-0.3, -0.25) is 0 Å². The molecule has 0 aliphatic carbocycles. The fourth-order valence-electron chi connectivity index (χ4n) is 1.62. The van der Waals surface area contributed by atoms with E-state index < -0.39 is 0 Å². The third-order valence-electron chi connectivity index (χ3n) is 2.56. The summed E-state index contributed by atoms with van der Waals surface area (Å²) in [6.45, 7) is 2.80. The highest BCUT2D eigenvalue weighted by molar-refractivity contribution is 6.32. The van der Waals surface area contributed by atoms with Gasteiger partial charge in [0.25, 0.3) is 0 Å². The predicted molar refractivity (Wildman–Crippen MR) is 63.0 cm³/mol. The zero-order chi connectivity index (χ0) is 10.8. The number of nitrogens with two attached hydrogens (primary N) is 1. The van der Waals surface area contributed by atoms with Crippen molar-refractivity contribution in [1.82, 2.24) is 9.97 Å². The zero-order valence-corrected chi connectivity index (χ0v) is 9.38. The number of nitrogens with one attached hydrogen (secondary N) is 1. The van der Waals surface area contributed by atoms with Crippen LogP contribution in [0.3, 0.4) is 0 Å². The molecule has 1 aromatic heterocycles. The van der Waals surface area contributed by atoms with Crippen LogP contribution < -0.4 is 5.73 Å². The van der Waals surface area contributed by atoms with Crippen molar-refractivity contribution in [3.63, 3.8) is 0 Å². The van der Waals surface area contributed by atoms with Gasteiger partial charge in [0, 0.05) is 5.02 Å². The van der Waals surface area contributed by atoms with Gasteiger partial charge in [0.2, 0.25) is 0 Å². The molecule has 15 heavy (non-hydrogen) atoms. The smallest absolute Gasteiger partial charge is 0.0931 e. The Morgan fingerprint density at radius 3 is 3.07 bits per heavy atom. The third-order valence-corrected chi connectivity index (χ3v) is 2.91. The highest BCUT2D eigenvalue weighted by atomic mass is 35.5. The van der Waals surface area contributed by atoms with Gasteiger partial charge in [-0.05, 0) is 36.6 Å². The van der Waals surface area contributed by atoms with E-state index in [0.717, 1.165) is 28.0 Å². The number of nitrogens with zero attached hydrogens (tertiary/aromatic N) is 1. The number of aromatic nitrogens is 2. The second-order valence-corrected chi connectivity index (χ2v) is 4.32. The van der Waals surface area contributed by atoms with Gasteiger partial charge in [-0.25, -0.2) is 4.98 Å². The topological polar surface area (TPSA) is 54.7 Å². The van der Waals surface area contributed by atoms with Gasteiger partial charge in [-0.15, -0.1) is 0 Å². The first kappa shape index (κ1) is 10.5. The Kier molecular flexibility index (Phi) is 2.93. The molecule has 0 radical (unpaired) electrons. The van der Waals surface area contributed by atoms with Crippen LogP contribution in [0.15, 0.2) is 18.5 Å². The summed E-state index contributed by atoms with van der Waals surface area (Å²) in [5.74, 6) is 0.447. The molecule has 1 aromatic carbocycles. The van der Waals surface area contributed by atoms with Crippen molar-refractivity contribution in [2.45, 2.75) is 13.3 Å². The lowest BCUT2D eigenvalue weighted by Gasteiger charge is -2.09. The summed E-state index contributed by atoms with van der Waals surface area (Å²) in [7, 11) is 0. The predicted octanol–water partition coefficient (Wildman–Crippen LogP) is 2.35. The SMILES string of the molecule is CC(CN)Cc1cc2[nH]cnc2cc1Cl. The van der Waals surface area contributed by atoms with Crippen LogP contribution in [-0.2, 0) is 6.42 Å². The van der Waals surface area contributed by atoms with Crippen molar-refractivity contribution < 1.29 is 0 Å². The Hall–Kier alpha value is -1.06. The first-order chi connectivity index (χ1) is 7.20. The fraction of sp³-hybridized carbons (Fsp3) is 0.364. The molecule has 0 amide bonds. The molecule has 0 spiro atoms. The number of halogens is 1. The number of imidazole rings is 1. The molecule has 3 N–H and O–H groups in total. The Morgan fingerprint density at radius 2 is 2.33 bits per heavy atom. The zero-order valence-electron chi connectivity index (χ0n) is 8.63. The van der Waals surface area contributed by atoms with E-state index in [2.05, 4.69) is 23.0 Å². The van der Waals surface area contributed by atoms with E-state index in [1.165, 1.54) is 0 Å². The summed E-state index contributed by atoms with van der Waals surface area (Å²) >= 11 is 6.17. The number of aromatic amines is 1. The molecule has 2 rings (SSSR count). The average Bonchev–Trinajstić information content (AvgIpc) is 2.65. The molecule has 1 unspecified atom stereocenters. The van der Waals surface area contributed by atoms with Gasteiger partial charge in [0.1, 0.15) is 0 Å². The summed E-state index contributed by atoms with van der Waals surface area (Å²) in [4.78, 5) is 7.23. The first-order valence-electron chi connectivity index (χ1n) is 5.02. The minimum atomic E-state index is 0.447. The van der Waals surface area contributed by atoms with E-state index in [1.54, 1.807) is 6.33 Å². The van der Waals surface area contributed by atoms with Gasteiger partial charge in [-0.2, -0.15) is 0 Å². The first-order valence-corrected chi connectivity index (χ1v) is 5.40. The summed E-state index contributed by atoms with van der Waals surface area (Å²) in [5.41, 5.74) is 8.66. The number of fused-ring (bicyclic) bond motifs is 1. The van der Waals surface area contributed by atoms with Crippen LogP contribution in [0, 0.1) is 5.92 Å². The third kappa shape index (κ3) is 2.13. The van der Waals surface area contributed by atoms with Crippen molar-refractivity contribution in [3.05, 3.63) is 29.0 Å². The van der Waals surface area contributed by atoms with Crippen molar-refractivity contribution in [2.75, 3.05) is 6.54 Å². The van der Waals surface area contributed by atoms with Gasteiger partial charge in [0.15, 0.2) is 0 Å². The Labute approximate surface area is 93.6 Å². The van der Waals surface area contributed by atoms with Crippen LogP contribution in [0.2, 0.25) is 5.02 Å². The fourth-order valence-corrected chi connectivity index (χ4v) is 1.85. The lowest BCUT2D eigenvalue weighted by atomic mass is 10.0. The van der Waals surface area contributed by atoms with Crippen molar-refractivity contribution >= 4 is 22.6 Å². The summed E-state index contributed by atoms with van der Waals surface area (Å²) in [6, 6.07) is 3.95. The van der Waals surface area contributed by atoms with Crippen molar-refractivity contribution in [3.8, 4) is 0 Å². The quantitative estimate of drug-likeness (QED) is 0.840. The Balaban J connectivity index is 2.37. The highest BCUT2D eigenvalue weighted by Gasteiger charge is 2.08. The van der Waals surface area contributed by atoms with E-state index in [1.807, 2.05) is 6.07 Å². The normalized spacial score (nSPS) is 13.3. The molecule has 4 heteroatoms. The Morgan fingerprint density at radius 1 is 1.53 bits per heavy atom. The molecule has 1 atom stereocenters. The molecule has 2 aromatic rings. The average molecular weight is 224 g/mol. The molecular formula is C11H14ClN3. The minimum absolute atomic E-state index is 0.447. The van der Waals surface area contributed by atoms with Crippen LogP contribution in [0.1, 0.15) is 12.5 Å². The van der Waals surface area contributed by atoms with Crippen LogP contribution >= 0.6 is 11.6 Å². The molecule has 0 aliphatic rings. The van der Waals surface area contributed by atoms with Crippen LogP contribution in [0.4, 0.5) is 0 Å². The molecule has 0 saturated heterocycles. The van der Waals surface area contributed by atoms with Gasteiger partial charge in [0.05, 0.1) is 17.4 Å². The van der Waals surface area contributed by atoms with E-state index >= 15 is 0 Å². The lowest BCUT2D eigenvalue weighted by molar-refractivity contribution is 0.593. The highest BCUT2D eigenvalue weighted by Crippen LogP contribution is 2.23. The molecule has 0 fully saturated rings. The number of benzene rings is 1. The van der Waals surface area contributed by atoms with Crippen LogP contribution in [-0.4, -0.2) is 16.5 Å². The van der Waals surface area contributed by atoms with Gasteiger partial charge in [-0.1, -0.05) is 18.5 Å². The second kappa shape index (κ2) is 4.21. The number of rotatable bonds is 3.